The number of aryl methyl sites for hydroxylation is 1. The van der Waals surface area contributed by atoms with Crippen LogP contribution in [0, 0.1) is 6.92 Å². The minimum Gasteiger partial charge on any atom is -0.476 e. The highest BCUT2D eigenvalue weighted by atomic mass is 32.2. The molecule has 1 N–H and O–H groups in total. The Morgan fingerprint density at radius 2 is 1.61 bits per heavy atom. The van der Waals surface area contributed by atoms with E-state index in [2.05, 4.69) is 31.0 Å². The lowest BCUT2D eigenvalue weighted by Crippen LogP contribution is -2.49. The smallest absolute Gasteiger partial charge is 0.267 e. The molecule has 0 bridgehead atoms. The van der Waals surface area contributed by atoms with E-state index in [9.17, 15) is 13.2 Å². The number of hydrogen-bond acceptors (Lipinski definition) is 5. The van der Waals surface area contributed by atoms with Crippen LogP contribution in [0.15, 0.2) is 71.6 Å². The molecule has 5 rings (SSSR count). The molecular weight excluding hydrogens is 498 g/mol. The molecule has 1 amide bonds. The average molecular weight is 534 g/mol. The number of amides is 1. The van der Waals surface area contributed by atoms with E-state index in [1.807, 2.05) is 43.3 Å². The molecule has 38 heavy (non-hydrogen) atoms. The number of ether oxygens (including phenoxy) is 1. The van der Waals surface area contributed by atoms with E-state index in [1.54, 1.807) is 30.3 Å². The first-order chi connectivity index (χ1) is 18.0. The van der Waals surface area contributed by atoms with Gasteiger partial charge in [0, 0.05) is 24.5 Å². The zero-order valence-corrected chi connectivity index (χ0v) is 23.2. The first kappa shape index (κ1) is 26.1. The third-order valence-electron chi connectivity index (χ3n) is 7.20. The molecule has 0 unspecified atom stereocenters. The molecule has 200 valence electrons. The number of anilines is 3. The highest BCUT2D eigenvalue weighted by Crippen LogP contribution is 2.40. The minimum absolute atomic E-state index is 0.130. The van der Waals surface area contributed by atoms with Crippen LogP contribution in [0.2, 0.25) is 0 Å². The Hall–Kier alpha value is -3.52. The number of sulfonamides is 1. The predicted octanol–water partition coefficient (Wildman–Crippen LogP) is 5.49. The molecule has 2 heterocycles. The fourth-order valence-corrected chi connectivity index (χ4v) is 6.34. The molecule has 0 spiro atoms. The van der Waals surface area contributed by atoms with Crippen LogP contribution in [0.4, 0.5) is 17.1 Å². The number of benzene rings is 3. The third-order valence-corrected chi connectivity index (χ3v) is 9.00. The Labute approximate surface area is 225 Å². The molecule has 7 nitrogen and oxygen atoms in total. The predicted molar refractivity (Wildman–Crippen MR) is 152 cm³/mol. The summed E-state index contributed by atoms with van der Waals surface area (Å²) in [6.07, 6.45) is 1.37. The monoisotopic (exact) mass is 533 g/mol. The molecule has 2 aliphatic heterocycles. The summed E-state index contributed by atoms with van der Waals surface area (Å²) in [4.78, 5) is 15.8. The Morgan fingerprint density at radius 3 is 2.24 bits per heavy atom. The van der Waals surface area contributed by atoms with E-state index in [0.29, 0.717) is 17.1 Å². The fraction of sp³-hybridized carbons (Fsp3) is 0.367. The molecule has 2 aliphatic rings. The van der Waals surface area contributed by atoms with Gasteiger partial charge in [-0.05, 0) is 79.3 Å². The van der Waals surface area contributed by atoms with E-state index < -0.39 is 22.0 Å². The average Bonchev–Trinajstić information content (AvgIpc) is 3.43. The van der Waals surface area contributed by atoms with Gasteiger partial charge in [-0.2, -0.15) is 0 Å². The number of carbonyl (C=O) groups is 1. The van der Waals surface area contributed by atoms with E-state index in [1.165, 1.54) is 17.1 Å². The Morgan fingerprint density at radius 1 is 0.947 bits per heavy atom. The van der Waals surface area contributed by atoms with Gasteiger partial charge in [-0.15, -0.1) is 0 Å². The lowest BCUT2D eigenvalue weighted by molar-refractivity contribution is -0.122. The van der Waals surface area contributed by atoms with E-state index in [0.717, 1.165) is 29.9 Å². The van der Waals surface area contributed by atoms with Crippen LogP contribution in [0.5, 0.6) is 5.75 Å². The Bertz CT molecular complexity index is 1420. The van der Waals surface area contributed by atoms with Gasteiger partial charge in [0.25, 0.3) is 15.9 Å². The molecular formula is C30H35N3O4S. The largest absolute Gasteiger partial charge is 0.476 e. The zero-order valence-electron chi connectivity index (χ0n) is 22.4. The van der Waals surface area contributed by atoms with Gasteiger partial charge < -0.3 is 15.0 Å². The number of rotatable bonds is 5. The third kappa shape index (κ3) is 5.23. The van der Waals surface area contributed by atoms with Gasteiger partial charge >= 0.3 is 0 Å². The number of hydrogen-bond donors (Lipinski definition) is 1. The van der Waals surface area contributed by atoms with Gasteiger partial charge in [0.15, 0.2) is 6.10 Å². The van der Waals surface area contributed by atoms with E-state index in [4.69, 9.17) is 4.74 Å². The molecule has 1 atom stereocenters. The van der Waals surface area contributed by atoms with Crippen molar-refractivity contribution in [1.82, 2.24) is 0 Å². The van der Waals surface area contributed by atoms with Crippen molar-refractivity contribution in [3.8, 4) is 5.75 Å². The van der Waals surface area contributed by atoms with Crippen molar-refractivity contribution in [1.29, 1.82) is 0 Å². The van der Waals surface area contributed by atoms with Crippen molar-refractivity contribution in [3.05, 3.63) is 77.9 Å². The summed E-state index contributed by atoms with van der Waals surface area (Å²) < 4.78 is 35.1. The normalized spacial score (nSPS) is 17.6. The lowest BCUT2D eigenvalue weighted by atomic mass is 9.86. The van der Waals surface area contributed by atoms with Gasteiger partial charge in [0.05, 0.1) is 17.1 Å². The van der Waals surface area contributed by atoms with Gasteiger partial charge in [0.2, 0.25) is 0 Å². The molecule has 0 saturated carbocycles. The van der Waals surface area contributed by atoms with E-state index >= 15 is 0 Å². The van der Waals surface area contributed by atoms with Gasteiger partial charge in [-0.3, -0.25) is 9.10 Å². The summed E-state index contributed by atoms with van der Waals surface area (Å²) >= 11 is 0. The standard InChI is InChI=1S/C30H35N3O4S/c1-21-7-14-25(15-8-21)38(35,36)33-20-28(37-27-16-9-22(19-26(27)33)30(2,3)4)29(34)31-23-10-12-24(13-11-23)32-17-5-6-18-32/h7-16,19,28H,5-6,17-18,20H2,1-4H3,(H,31,34)/t28-/m1/s1. The highest BCUT2D eigenvalue weighted by Gasteiger charge is 2.38. The molecule has 3 aromatic carbocycles. The Balaban J connectivity index is 1.44. The molecule has 3 aromatic rings. The van der Waals surface area contributed by atoms with Crippen LogP contribution in [-0.2, 0) is 20.2 Å². The lowest BCUT2D eigenvalue weighted by Gasteiger charge is -2.36. The second kappa shape index (κ2) is 9.98. The summed E-state index contributed by atoms with van der Waals surface area (Å²) in [6, 6.07) is 20.0. The molecule has 0 aliphatic carbocycles. The summed E-state index contributed by atoms with van der Waals surface area (Å²) in [6.45, 7) is 10.1. The van der Waals surface area contributed by atoms with Crippen molar-refractivity contribution < 1.29 is 17.9 Å². The van der Waals surface area contributed by atoms with Crippen molar-refractivity contribution in [2.75, 3.05) is 34.2 Å². The maximum Gasteiger partial charge on any atom is 0.267 e. The number of fused-ring (bicyclic) bond motifs is 1. The molecule has 8 heteroatoms. The quantitative estimate of drug-likeness (QED) is 0.469. The fourth-order valence-electron chi connectivity index (χ4n) is 4.87. The summed E-state index contributed by atoms with van der Waals surface area (Å²) in [5, 5.41) is 2.91. The van der Waals surface area contributed by atoms with Crippen LogP contribution < -0.4 is 19.3 Å². The molecule has 0 radical (unpaired) electrons. The van der Waals surface area contributed by atoms with Gasteiger partial charge in [0.1, 0.15) is 5.75 Å². The van der Waals surface area contributed by atoms with E-state index in [-0.39, 0.29) is 16.9 Å². The molecule has 1 fully saturated rings. The molecule has 0 aromatic heterocycles. The second-order valence-corrected chi connectivity index (χ2v) is 13.0. The van der Waals surface area contributed by atoms with Crippen LogP contribution in [-0.4, -0.2) is 40.1 Å². The highest BCUT2D eigenvalue weighted by molar-refractivity contribution is 7.92. The summed E-state index contributed by atoms with van der Waals surface area (Å²) in [5.41, 5.74) is 3.97. The van der Waals surface area contributed by atoms with Crippen molar-refractivity contribution in [2.45, 2.75) is 57.0 Å². The number of nitrogens with one attached hydrogen (secondary N) is 1. The minimum atomic E-state index is -3.94. The first-order valence-corrected chi connectivity index (χ1v) is 14.5. The SMILES string of the molecule is Cc1ccc(S(=O)(=O)N2C[C@H](C(=O)Nc3ccc(N4CCCC4)cc3)Oc3ccc(C(C)(C)C)cc32)cc1. The van der Waals surface area contributed by atoms with Gasteiger partial charge in [-0.25, -0.2) is 8.42 Å². The summed E-state index contributed by atoms with van der Waals surface area (Å²) in [5.74, 6) is -0.0296. The van der Waals surface area contributed by atoms with Crippen LogP contribution >= 0.6 is 0 Å². The number of carbonyl (C=O) groups excluding carboxylic acids is 1. The topological polar surface area (TPSA) is 79.0 Å². The van der Waals surface area contributed by atoms with Gasteiger partial charge in [-0.1, -0.05) is 44.5 Å². The van der Waals surface area contributed by atoms with Crippen LogP contribution in [0.1, 0.15) is 44.7 Å². The van der Waals surface area contributed by atoms with Crippen LogP contribution in [0.3, 0.4) is 0 Å². The zero-order chi connectivity index (χ0) is 27.1. The van der Waals surface area contributed by atoms with Crippen molar-refractivity contribution in [3.63, 3.8) is 0 Å². The summed E-state index contributed by atoms with van der Waals surface area (Å²) in [7, 11) is -3.94. The molecule has 1 saturated heterocycles. The maximum absolute atomic E-state index is 13.8. The number of nitrogens with zero attached hydrogens (tertiary/aromatic N) is 2. The van der Waals surface area contributed by atoms with Crippen molar-refractivity contribution in [2.24, 2.45) is 0 Å². The first-order valence-electron chi connectivity index (χ1n) is 13.1. The van der Waals surface area contributed by atoms with Crippen LogP contribution in [0.25, 0.3) is 0 Å². The van der Waals surface area contributed by atoms with Crippen molar-refractivity contribution >= 4 is 33.0 Å². The Kier molecular flexibility index (Phi) is 6.86. The second-order valence-electron chi connectivity index (χ2n) is 11.1. The maximum atomic E-state index is 13.8.